The lowest BCUT2D eigenvalue weighted by Gasteiger charge is -2.25. The van der Waals surface area contributed by atoms with Crippen LogP contribution in [0.1, 0.15) is 5.56 Å². The molecule has 22 heavy (non-hydrogen) atoms. The summed E-state index contributed by atoms with van der Waals surface area (Å²) in [7, 11) is -4.04. The van der Waals surface area contributed by atoms with Gasteiger partial charge in [0.2, 0.25) is 10.0 Å². The predicted molar refractivity (Wildman–Crippen MR) is 84.9 cm³/mol. The van der Waals surface area contributed by atoms with Crippen molar-refractivity contribution in [2.75, 3.05) is 15.8 Å². The van der Waals surface area contributed by atoms with Crippen molar-refractivity contribution >= 4 is 27.4 Å². The minimum Gasteiger partial charge on any atom is -0.480 e. The molecule has 0 heterocycles. The number of benzene rings is 2. The monoisotopic (exact) mass is 320 g/mol. The lowest BCUT2D eigenvalue weighted by atomic mass is 10.2. The minimum absolute atomic E-state index is 0.0185. The molecule has 0 aliphatic carbocycles. The van der Waals surface area contributed by atoms with E-state index in [1.165, 1.54) is 0 Å². The Bertz CT molecular complexity index is 760. The van der Waals surface area contributed by atoms with Crippen LogP contribution in [0.15, 0.2) is 54.6 Å². The highest BCUT2D eigenvalue weighted by Crippen LogP contribution is 2.27. The van der Waals surface area contributed by atoms with Crippen molar-refractivity contribution in [3.8, 4) is 0 Å². The van der Waals surface area contributed by atoms with Crippen molar-refractivity contribution in [3.63, 3.8) is 0 Å². The van der Waals surface area contributed by atoms with Crippen molar-refractivity contribution in [1.82, 2.24) is 0 Å². The third kappa shape index (κ3) is 3.76. The molecule has 0 radical (unpaired) electrons. The van der Waals surface area contributed by atoms with E-state index in [4.69, 9.17) is 10.8 Å². The highest BCUT2D eigenvalue weighted by Gasteiger charge is 2.27. The summed E-state index contributed by atoms with van der Waals surface area (Å²) in [4.78, 5) is 10.9. The van der Waals surface area contributed by atoms with E-state index in [9.17, 15) is 13.2 Å². The summed E-state index contributed by atoms with van der Waals surface area (Å²) in [6.07, 6.45) is 0. The fourth-order valence-electron chi connectivity index (χ4n) is 2.03. The van der Waals surface area contributed by atoms with Gasteiger partial charge in [-0.2, -0.15) is 0 Å². The van der Waals surface area contributed by atoms with Gasteiger partial charge in [0.05, 0.1) is 17.9 Å². The van der Waals surface area contributed by atoms with Crippen LogP contribution >= 0.6 is 0 Å². The minimum atomic E-state index is -4.04. The van der Waals surface area contributed by atoms with Crippen LogP contribution in [0.25, 0.3) is 0 Å². The van der Waals surface area contributed by atoms with E-state index in [1.54, 1.807) is 48.5 Å². The second-order valence-electron chi connectivity index (χ2n) is 4.70. The number of nitrogens with two attached hydrogens (primary N) is 1. The van der Waals surface area contributed by atoms with E-state index in [0.717, 1.165) is 9.87 Å². The number of nitrogen functional groups attached to an aromatic ring is 1. The van der Waals surface area contributed by atoms with E-state index in [1.807, 2.05) is 6.07 Å². The van der Waals surface area contributed by atoms with Gasteiger partial charge in [-0.05, 0) is 17.7 Å². The van der Waals surface area contributed by atoms with Crippen molar-refractivity contribution in [2.24, 2.45) is 0 Å². The van der Waals surface area contributed by atoms with E-state index >= 15 is 0 Å². The van der Waals surface area contributed by atoms with Crippen molar-refractivity contribution < 1.29 is 18.3 Å². The molecule has 0 aliphatic heterocycles. The quantitative estimate of drug-likeness (QED) is 0.789. The number of anilines is 2. The topological polar surface area (TPSA) is 101 Å². The first kappa shape index (κ1) is 15.8. The summed E-state index contributed by atoms with van der Waals surface area (Å²) < 4.78 is 25.8. The zero-order valence-corrected chi connectivity index (χ0v) is 12.5. The van der Waals surface area contributed by atoms with Gasteiger partial charge in [-0.25, -0.2) is 8.42 Å². The SMILES string of the molecule is Nc1ccccc1N(Cc1ccccc1)S(=O)(=O)CC(=O)O. The van der Waals surface area contributed by atoms with Crippen LogP contribution in [-0.4, -0.2) is 25.2 Å². The molecule has 0 fully saturated rings. The summed E-state index contributed by atoms with van der Waals surface area (Å²) in [5.41, 5.74) is 7.13. The summed E-state index contributed by atoms with van der Waals surface area (Å²) in [5, 5.41) is 8.84. The maximum atomic E-state index is 12.4. The largest absolute Gasteiger partial charge is 0.480 e. The van der Waals surface area contributed by atoms with Crippen molar-refractivity contribution in [3.05, 3.63) is 60.2 Å². The second-order valence-corrected chi connectivity index (χ2v) is 6.59. The molecule has 0 unspecified atom stereocenters. The van der Waals surface area contributed by atoms with Crippen LogP contribution in [0.4, 0.5) is 11.4 Å². The number of nitrogens with zero attached hydrogens (tertiary/aromatic N) is 1. The smallest absolute Gasteiger partial charge is 0.320 e. The summed E-state index contributed by atoms with van der Waals surface area (Å²) >= 11 is 0. The van der Waals surface area contributed by atoms with E-state index in [-0.39, 0.29) is 17.9 Å². The highest BCUT2D eigenvalue weighted by molar-refractivity contribution is 7.93. The predicted octanol–water partition coefficient (Wildman–Crippen LogP) is 1.69. The fraction of sp³-hybridized carbons (Fsp3) is 0.133. The number of carboxylic acids is 1. The number of hydrogen-bond donors (Lipinski definition) is 2. The molecule has 0 bridgehead atoms. The molecule has 116 valence electrons. The van der Waals surface area contributed by atoms with Crippen molar-refractivity contribution in [1.29, 1.82) is 0 Å². The summed E-state index contributed by atoms with van der Waals surface area (Å²) in [6.45, 7) is 0.0185. The van der Waals surface area contributed by atoms with Crippen molar-refractivity contribution in [2.45, 2.75) is 6.54 Å². The Morgan fingerprint density at radius 3 is 2.23 bits per heavy atom. The van der Waals surface area contributed by atoms with Gasteiger partial charge in [-0.1, -0.05) is 42.5 Å². The maximum absolute atomic E-state index is 12.4. The molecule has 3 N–H and O–H groups in total. The third-order valence-corrected chi connectivity index (χ3v) is 4.63. The molecule has 0 saturated heterocycles. The van der Waals surface area contributed by atoms with E-state index in [2.05, 4.69) is 0 Å². The fourth-order valence-corrected chi connectivity index (χ4v) is 3.31. The van der Waals surface area contributed by atoms with Gasteiger partial charge in [0.1, 0.15) is 0 Å². The lowest BCUT2D eigenvalue weighted by molar-refractivity contribution is -0.134. The summed E-state index contributed by atoms with van der Waals surface area (Å²) in [6, 6.07) is 15.4. The number of rotatable bonds is 6. The molecule has 0 atom stereocenters. The van der Waals surface area contributed by atoms with Crippen LogP contribution in [0, 0.1) is 0 Å². The van der Waals surface area contributed by atoms with Gasteiger partial charge >= 0.3 is 5.97 Å². The summed E-state index contributed by atoms with van der Waals surface area (Å²) in [5.74, 6) is -2.40. The third-order valence-electron chi connectivity index (χ3n) is 3.02. The molecular weight excluding hydrogens is 304 g/mol. The van der Waals surface area contributed by atoms with Crippen LogP contribution < -0.4 is 10.0 Å². The normalized spacial score (nSPS) is 11.1. The van der Waals surface area contributed by atoms with E-state index < -0.39 is 21.7 Å². The average Bonchev–Trinajstić information content (AvgIpc) is 2.45. The standard InChI is InChI=1S/C15H16N2O4S/c16-13-8-4-5-9-14(13)17(22(20,21)11-15(18)19)10-12-6-2-1-3-7-12/h1-9H,10-11,16H2,(H,18,19). The Balaban J connectivity index is 2.46. The van der Waals surface area contributed by atoms with Gasteiger partial charge in [-0.15, -0.1) is 0 Å². The Labute approximate surface area is 128 Å². The van der Waals surface area contributed by atoms with Gasteiger partial charge in [-0.3, -0.25) is 9.10 Å². The molecule has 7 heteroatoms. The Hall–Kier alpha value is -2.54. The first-order chi connectivity index (χ1) is 10.4. The number of carboxylic acid groups (broad SMARTS) is 1. The van der Waals surface area contributed by atoms with Crippen LogP contribution in [0.3, 0.4) is 0 Å². The number of sulfonamides is 1. The van der Waals surface area contributed by atoms with Gasteiger partial charge in [0, 0.05) is 0 Å². The van der Waals surface area contributed by atoms with Gasteiger partial charge < -0.3 is 10.8 Å². The maximum Gasteiger partial charge on any atom is 0.320 e. The Morgan fingerprint density at radius 2 is 1.64 bits per heavy atom. The number of hydrogen-bond acceptors (Lipinski definition) is 4. The first-order valence-corrected chi connectivity index (χ1v) is 8.12. The molecule has 6 nitrogen and oxygen atoms in total. The first-order valence-electron chi connectivity index (χ1n) is 6.51. The van der Waals surface area contributed by atoms with Gasteiger partial charge in [0.25, 0.3) is 0 Å². The van der Waals surface area contributed by atoms with Crippen LogP contribution in [0.5, 0.6) is 0 Å². The molecule has 2 aromatic rings. The molecule has 0 amide bonds. The van der Waals surface area contributed by atoms with E-state index in [0.29, 0.717) is 0 Å². The van der Waals surface area contributed by atoms with Gasteiger partial charge in [0.15, 0.2) is 5.75 Å². The zero-order valence-electron chi connectivity index (χ0n) is 11.7. The zero-order chi connectivity index (χ0) is 16.2. The Kier molecular flexibility index (Phi) is 4.67. The lowest BCUT2D eigenvalue weighted by Crippen LogP contribution is -2.35. The molecule has 0 aromatic heterocycles. The number of para-hydroxylation sites is 2. The van der Waals surface area contributed by atoms with Crippen LogP contribution in [0.2, 0.25) is 0 Å². The number of carbonyl (C=O) groups is 1. The van der Waals surface area contributed by atoms with Crippen LogP contribution in [-0.2, 0) is 21.4 Å². The molecule has 2 aromatic carbocycles. The molecule has 0 saturated carbocycles. The average molecular weight is 320 g/mol. The molecule has 2 rings (SSSR count). The molecular formula is C15H16N2O4S. The highest BCUT2D eigenvalue weighted by atomic mass is 32.2. The molecule has 0 spiro atoms. The Morgan fingerprint density at radius 1 is 1.05 bits per heavy atom. The molecule has 0 aliphatic rings. The second kappa shape index (κ2) is 6.48. The number of aliphatic carboxylic acids is 1.